The number of hydrogen-bond acceptors (Lipinski definition) is 1. The topological polar surface area (TPSA) is 12.0 Å². The predicted octanol–water partition coefficient (Wildman–Crippen LogP) is 2.99. The van der Waals surface area contributed by atoms with Gasteiger partial charge in [0, 0.05) is 0 Å². The minimum Gasteiger partial charge on any atom is -0.316 e. The molecule has 1 aromatic rings. The first-order chi connectivity index (χ1) is 7.20. The first kappa shape index (κ1) is 12.3. The minimum atomic E-state index is 0.733. The first-order valence-corrected chi connectivity index (χ1v) is 5.77. The predicted molar refractivity (Wildman–Crippen MR) is 66.9 cm³/mol. The van der Waals surface area contributed by atoms with Crippen molar-refractivity contribution in [2.24, 2.45) is 5.92 Å². The molecule has 83 valence electrons. The highest BCUT2D eigenvalue weighted by Crippen LogP contribution is 2.08. The molecule has 0 atom stereocenters. The Kier molecular flexibility index (Phi) is 5.41. The van der Waals surface area contributed by atoms with Crippen LogP contribution in [0.2, 0.25) is 0 Å². The minimum absolute atomic E-state index is 0.733. The summed E-state index contributed by atoms with van der Waals surface area (Å²) in [5, 5.41) is 3.42. The van der Waals surface area contributed by atoms with Gasteiger partial charge in [0.1, 0.15) is 0 Å². The molecule has 0 amide bonds. The van der Waals surface area contributed by atoms with E-state index < -0.39 is 0 Å². The van der Waals surface area contributed by atoms with Gasteiger partial charge >= 0.3 is 0 Å². The summed E-state index contributed by atoms with van der Waals surface area (Å²) in [7, 11) is 0. The van der Waals surface area contributed by atoms with Gasteiger partial charge in [0.2, 0.25) is 0 Å². The largest absolute Gasteiger partial charge is 0.316 e. The summed E-state index contributed by atoms with van der Waals surface area (Å²) >= 11 is 0. The second-order valence-corrected chi connectivity index (χ2v) is 4.47. The van der Waals surface area contributed by atoms with Crippen LogP contribution in [-0.4, -0.2) is 13.1 Å². The molecule has 0 aliphatic carbocycles. The lowest BCUT2D eigenvalue weighted by Crippen LogP contribution is -2.21. The Balaban J connectivity index is 2.18. The molecule has 0 unspecified atom stereocenters. The Hall–Kier alpha value is -0.820. The molecular formula is C14H22N. The van der Waals surface area contributed by atoms with E-state index in [-0.39, 0.29) is 0 Å². The van der Waals surface area contributed by atoms with E-state index in [0.29, 0.717) is 0 Å². The van der Waals surface area contributed by atoms with Crippen LogP contribution in [0.5, 0.6) is 0 Å². The standard InChI is InChI=1S/C14H22N/c1-12(2)11-15-10-6-9-14-8-5-4-7-13(14)3/h4-8,12,15H,9-11H2,1-3H3. The van der Waals surface area contributed by atoms with E-state index in [1.807, 2.05) is 0 Å². The number of nitrogens with one attached hydrogen (secondary N) is 1. The second kappa shape index (κ2) is 6.62. The third-order valence-corrected chi connectivity index (χ3v) is 2.47. The van der Waals surface area contributed by atoms with Crippen molar-refractivity contribution in [2.45, 2.75) is 27.2 Å². The average molecular weight is 204 g/mol. The number of benzene rings is 1. The highest BCUT2D eigenvalue weighted by Gasteiger charge is 1.97. The van der Waals surface area contributed by atoms with Crippen molar-refractivity contribution in [1.29, 1.82) is 0 Å². The van der Waals surface area contributed by atoms with Gasteiger partial charge in [-0.1, -0.05) is 38.1 Å². The zero-order valence-corrected chi connectivity index (χ0v) is 10.1. The van der Waals surface area contributed by atoms with Crippen molar-refractivity contribution < 1.29 is 0 Å². The van der Waals surface area contributed by atoms with Gasteiger partial charge in [0.25, 0.3) is 0 Å². The molecule has 0 saturated carbocycles. The Morgan fingerprint density at radius 2 is 2.00 bits per heavy atom. The van der Waals surface area contributed by atoms with Crippen LogP contribution in [0.4, 0.5) is 0 Å². The Labute approximate surface area is 93.9 Å². The molecule has 0 bridgehead atoms. The fraction of sp³-hybridized carbons (Fsp3) is 0.500. The van der Waals surface area contributed by atoms with Gasteiger partial charge in [0.05, 0.1) is 0 Å². The lowest BCUT2D eigenvalue weighted by molar-refractivity contribution is 0.568. The molecule has 0 aliphatic heterocycles. The summed E-state index contributed by atoms with van der Waals surface area (Å²) < 4.78 is 0. The molecule has 15 heavy (non-hydrogen) atoms. The average Bonchev–Trinajstić information content (AvgIpc) is 2.20. The van der Waals surface area contributed by atoms with Crippen LogP contribution in [0.25, 0.3) is 0 Å². The van der Waals surface area contributed by atoms with Gasteiger partial charge in [-0.3, -0.25) is 0 Å². The molecule has 1 heteroatoms. The van der Waals surface area contributed by atoms with E-state index in [1.165, 1.54) is 11.1 Å². The summed E-state index contributed by atoms with van der Waals surface area (Å²) in [5.41, 5.74) is 2.82. The number of hydrogen-bond donors (Lipinski definition) is 1. The van der Waals surface area contributed by atoms with E-state index in [2.05, 4.69) is 56.8 Å². The Bertz CT molecular complexity index is 278. The van der Waals surface area contributed by atoms with Crippen LogP contribution in [0.3, 0.4) is 0 Å². The van der Waals surface area contributed by atoms with E-state index in [9.17, 15) is 0 Å². The normalized spacial score (nSPS) is 10.9. The van der Waals surface area contributed by atoms with E-state index >= 15 is 0 Å². The van der Waals surface area contributed by atoms with E-state index in [1.54, 1.807) is 0 Å². The van der Waals surface area contributed by atoms with Gasteiger partial charge in [-0.25, -0.2) is 0 Å². The molecule has 0 aromatic heterocycles. The van der Waals surface area contributed by atoms with Gasteiger partial charge < -0.3 is 5.32 Å². The van der Waals surface area contributed by atoms with Crippen LogP contribution in [-0.2, 0) is 6.42 Å². The molecule has 1 rings (SSSR count). The van der Waals surface area contributed by atoms with Crippen molar-refractivity contribution in [3.8, 4) is 0 Å². The maximum absolute atomic E-state index is 3.42. The summed E-state index contributed by atoms with van der Waals surface area (Å²) in [6.07, 6.45) is 3.38. The molecule has 1 aromatic carbocycles. The molecule has 0 spiro atoms. The van der Waals surface area contributed by atoms with Gasteiger partial charge in [-0.2, -0.15) is 0 Å². The van der Waals surface area contributed by atoms with Crippen molar-refractivity contribution in [3.05, 3.63) is 41.8 Å². The zero-order chi connectivity index (χ0) is 11.1. The molecule has 0 saturated heterocycles. The van der Waals surface area contributed by atoms with Crippen LogP contribution in [0.1, 0.15) is 25.0 Å². The van der Waals surface area contributed by atoms with Gasteiger partial charge in [-0.05, 0) is 49.9 Å². The summed E-state index contributed by atoms with van der Waals surface area (Å²) in [5.74, 6) is 0.733. The van der Waals surface area contributed by atoms with Crippen LogP contribution < -0.4 is 5.32 Å². The maximum Gasteiger partial charge on any atom is -0.00140 e. The van der Waals surface area contributed by atoms with Gasteiger partial charge in [0.15, 0.2) is 0 Å². The van der Waals surface area contributed by atoms with Gasteiger partial charge in [-0.15, -0.1) is 0 Å². The monoisotopic (exact) mass is 204 g/mol. The molecule has 1 N–H and O–H groups in total. The molecule has 1 radical (unpaired) electrons. The number of aryl methyl sites for hydroxylation is 1. The SMILES string of the molecule is Cc1ccccc1C[CH]CNCC(C)C. The first-order valence-electron chi connectivity index (χ1n) is 5.77. The quantitative estimate of drug-likeness (QED) is 0.702. The fourth-order valence-electron chi connectivity index (χ4n) is 1.54. The van der Waals surface area contributed by atoms with Crippen LogP contribution in [0, 0.1) is 19.3 Å². The fourth-order valence-corrected chi connectivity index (χ4v) is 1.54. The maximum atomic E-state index is 3.42. The van der Waals surface area contributed by atoms with Crippen molar-refractivity contribution in [2.75, 3.05) is 13.1 Å². The Morgan fingerprint density at radius 3 is 2.67 bits per heavy atom. The number of rotatable bonds is 6. The summed E-state index contributed by atoms with van der Waals surface area (Å²) in [6, 6.07) is 8.58. The van der Waals surface area contributed by atoms with Crippen LogP contribution in [0.15, 0.2) is 24.3 Å². The smallest absolute Gasteiger partial charge is 0.00140 e. The molecule has 1 nitrogen and oxygen atoms in total. The third-order valence-electron chi connectivity index (χ3n) is 2.47. The molecule has 0 heterocycles. The zero-order valence-electron chi connectivity index (χ0n) is 10.1. The van der Waals surface area contributed by atoms with Crippen molar-refractivity contribution in [3.63, 3.8) is 0 Å². The van der Waals surface area contributed by atoms with Crippen molar-refractivity contribution >= 4 is 0 Å². The van der Waals surface area contributed by atoms with E-state index in [4.69, 9.17) is 0 Å². The Morgan fingerprint density at radius 1 is 1.27 bits per heavy atom. The summed E-state index contributed by atoms with van der Waals surface area (Å²) in [4.78, 5) is 0. The molecule has 0 aliphatic rings. The molecular weight excluding hydrogens is 182 g/mol. The highest BCUT2D eigenvalue weighted by atomic mass is 14.8. The van der Waals surface area contributed by atoms with Crippen molar-refractivity contribution in [1.82, 2.24) is 5.32 Å². The molecule has 0 fully saturated rings. The summed E-state index contributed by atoms with van der Waals surface area (Å²) in [6.45, 7) is 8.74. The lowest BCUT2D eigenvalue weighted by Gasteiger charge is -2.08. The van der Waals surface area contributed by atoms with Crippen LogP contribution >= 0.6 is 0 Å². The highest BCUT2D eigenvalue weighted by molar-refractivity contribution is 5.26. The van der Waals surface area contributed by atoms with E-state index in [0.717, 1.165) is 25.4 Å². The third kappa shape index (κ3) is 4.98. The lowest BCUT2D eigenvalue weighted by atomic mass is 10.0. The second-order valence-electron chi connectivity index (χ2n) is 4.47.